The molecule has 0 aliphatic carbocycles. The second-order valence-corrected chi connectivity index (χ2v) is 4.12. The van der Waals surface area contributed by atoms with Crippen LogP contribution in [0.5, 0.6) is 5.88 Å². The molecule has 0 spiro atoms. The number of amides is 1. The van der Waals surface area contributed by atoms with Gasteiger partial charge in [-0.25, -0.2) is 9.78 Å². The Balaban J connectivity index is 1.95. The molecule has 1 aromatic heterocycles. The van der Waals surface area contributed by atoms with E-state index in [1.165, 1.54) is 13.3 Å². The number of carbonyl (C=O) groups excluding carboxylic acids is 1. The minimum Gasteiger partial charge on any atom is -0.478 e. The van der Waals surface area contributed by atoms with Gasteiger partial charge in [-0.05, 0) is 5.56 Å². The molecule has 0 radical (unpaired) electrons. The van der Waals surface area contributed by atoms with Crippen LogP contribution in [-0.4, -0.2) is 23.2 Å². The monoisotopic (exact) mass is 293 g/mol. The minimum absolute atomic E-state index is 0.120. The van der Waals surface area contributed by atoms with E-state index < -0.39 is 6.09 Å². The van der Waals surface area contributed by atoms with Gasteiger partial charge in [0, 0.05) is 0 Å². The third-order valence-electron chi connectivity index (χ3n) is 2.34. The van der Waals surface area contributed by atoms with Crippen molar-refractivity contribution in [3.05, 3.63) is 47.2 Å². The van der Waals surface area contributed by atoms with Gasteiger partial charge in [0.2, 0.25) is 0 Å². The lowest BCUT2D eigenvalue weighted by molar-refractivity contribution is 0.155. The second-order valence-electron chi connectivity index (χ2n) is 3.74. The summed E-state index contributed by atoms with van der Waals surface area (Å²) in [5.74, 6) is 0.268. The van der Waals surface area contributed by atoms with Crippen LogP contribution >= 0.6 is 11.6 Å². The maximum Gasteiger partial charge on any atom is 0.413 e. The first-order valence-corrected chi connectivity index (χ1v) is 6.11. The summed E-state index contributed by atoms with van der Waals surface area (Å²) >= 11 is 5.68. The van der Waals surface area contributed by atoms with Crippen molar-refractivity contribution in [2.75, 3.05) is 12.4 Å². The Labute approximate surface area is 120 Å². The Hall–Kier alpha value is -2.34. The average molecular weight is 294 g/mol. The van der Waals surface area contributed by atoms with Crippen molar-refractivity contribution in [1.82, 2.24) is 9.97 Å². The molecule has 0 saturated carbocycles. The summed E-state index contributed by atoms with van der Waals surface area (Å²) in [5.41, 5.74) is 0.886. The van der Waals surface area contributed by atoms with Crippen molar-refractivity contribution in [3.63, 3.8) is 0 Å². The maximum absolute atomic E-state index is 11.6. The number of nitrogens with one attached hydrogen (secondary N) is 1. The fourth-order valence-electron chi connectivity index (χ4n) is 1.44. The molecule has 0 bridgehead atoms. The lowest BCUT2D eigenvalue weighted by Crippen LogP contribution is -2.15. The zero-order valence-corrected chi connectivity index (χ0v) is 11.4. The highest BCUT2D eigenvalue weighted by molar-refractivity contribution is 6.29. The second kappa shape index (κ2) is 6.72. The molecule has 2 aromatic rings. The number of nitrogens with zero attached hydrogens (tertiary/aromatic N) is 2. The van der Waals surface area contributed by atoms with E-state index in [1.54, 1.807) is 0 Å². The van der Waals surface area contributed by atoms with Gasteiger partial charge in [0.05, 0.1) is 13.3 Å². The molecular weight excluding hydrogens is 282 g/mol. The first-order valence-electron chi connectivity index (χ1n) is 5.73. The van der Waals surface area contributed by atoms with E-state index in [9.17, 15) is 4.79 Å². The number of ether oxygens (including phenoxy) is 2. The van der Waals surface area contributed by atoms with Crippen LogP contribution < -0.4 is 10.1 Å². The molecule has 0 atom stereocenters. The Kier molecular flexibility index (Phi) is 4.73. The number of methoxy groups -OCH3 is 1. The number of benzene rings is 1. The van der Waals surface area contributed by atoms with Crippen molar-refractivity contribution in [3.8, 4) is 5.88 Å². The van der Waals surface area contributed by atoms with Crippen LogP contribution in [-0.2, 0) is 11.3 Å². The zero-order valence-electron chi connectivity index (χ0n) is 10.7. The number of rotatable bonds is 4. The molecule has 7 heteroatoms. The van der Waals surface area contributed by atoms with E-state index in [-0.39, 0.29) is 23.5 Å². The van der Waals surface area contributed by atoms with Crippen LogP contribution in [0.3, 0.4) is 0 Å². The molecule has 0 aliphatic heterocycles. The summed E-state index contributed by atoms with van der Waals surface area (Å²) in [7, 11) is 1.40. The number of hydrogen-bond donors (Lipinski definition) is 1. The number of hydrogen-bond acceptors (Lipinski definition) is 5. The van der Waals surface area contributed by atoms with E-state index in [0.29, 0.717) is 0 Å². The SMILES string of the molecule is COc1nc(Cl)cnc1NC(=O)OCc1ccccc1. The Morgan fingerprint density at radius 1 is 1.35 bits per heavy atom. The van der Waals surface area contributed by atoms with Crippen molar-refractivity contribution >= 4 is 23.5 Å². The Morgan fingerprint density at radius 2 is 2.10 bits per heavy atom. The highest BCUT2D eigenvalue weighted by Gasteiger charge is 2.12. The van der Waals surface area contributed by atoms with E-state index in [4.69, 9.17) is 21.1 Å². The lowest BCUT2D eigenvalue weighted by atomic mass is 10.2. The minimum atomic E-state index is -0.649. The topological polar surface area (TPSA) is 73.3 Å². The van der Waals surface area contributed by atoms with Gasteiger partial charge in [0.25, 0.3) is 5.88 Å². The molecule has 2 rings (SSSR count). The van der Waals surface area contributed by atoms with Crippen molar-refractivity contribution in [2.45, 2.75) is 6.61 Å². The zero-order chi connectivity index (χ0) is 14.4. The molecule has 104 valence electrons. The van der Waals surface area contributed by atoms with Crippen LogP contribution in [0.1, 0.15) is 5.56 Å². The van der Waals surface area contributed by atoms with Crippen LogP contribution in [0.4, 0.5) is 10.6 Å². The number of halogens is 1. The van der Waals surface area contributed by atoms with Gasteiger partial charge in [0.15, 0.2) is 11.0 Å². The number of aromatic nitrogens is 2. The van der Waals surface area contributed by atoms with Gasteiger partial charge >= 0.3 is 6.09 Å². The molecule has 1 N–H and O–H groups in total. The van der Waals surface area contributed by atoms with E-state index in [2.05, 4.69) is 15.3 Å². The largest absolute Gasteiger partial charge is 0.478 e. The van der Waals surface area contributed by atoms with Crippen LogP contribution in [0.2, 0.25) is 5.15 Å². The Bertz CT molecular complexity index is 593. The Morgan fingerprint density at radius 3 is 2.80 bits per heavy atom. The summed E-state index contributed by atoms with van der Waals surface area (Å²) in [6.45, 7) is 0.163. The number of carbonyl (C=O) groups is 1. The molecule has 0 saturated heterocycles. The highest BCUT2D eigenvalue weighted by atomic mass is 35.5. The first-order chi connectivity index (χ1) is 9.69. The summed E-state index contributed by atoms with van der Waals surface area (Å²) in [6, 6.07) is 9.33. The fraction of sp³-hybridized carbons (Fsp3) is 0.154. The standard InChI is InChI=1S/C13H12ClN3O3/c1-19-12-11(15-7-10(14)16-12)17-13(18)20-8-9-5-3-2-4-6-9/h2-7H,8H2,1H3,(H,15,17,18). The summed E-state index contributed by atoms with van der Waals surface area (Å²) in [4.78, 5) is 19.4. The fourth-order valence-corrected chi connectivity index (χ4v) is 1.56. The van der Waals surface area contributed by atoms with Gasteiger partial charge in [-0.1, -0.05) is 41.9 Å². The molecule has 1 amide bonds. The van der Waals surface area contributed by atoms with Crippen molar-refractivity contribution in [1.29, 1.82) is 0 Å². The predicted octanol–water partition coefficient (Wildman–Crippen LogP) is 2.89. The third kappa shape index (κ3) is 3.83. The van der Waals surface area contributed by atoms with Crippen molar-refractivity contribution in [2.24, 2.45) is 0 Å². The summed E-state index contributed by atoms with van der Waals surface area (Å²) in [5, 5.41) is 2.61. The smallest absolute Gasteiger partial charge is 0.413 e. The van der Waals surface area contributed by atoms with E-state index in [0.717, 1.165) is 5.56 Å². The quantitative estimate of drug-likeness (QED) is 0.938. The third-order valence-corrected chi connectivity index (χ3v) is 2.52. The van der Waals surface area contributed by atoms with Crippen LogP contribution in [0, 0.1) is 0 Å². The molecule has 1 heterocycles. The highest BCUT2D eigenvalue weighted by Crippen LogP contribution is 2.20. The first kappa shape index (κ1) is 14.1. The van der Waals surface area contributed by atoms with Gasteiger partial charge in [-0.15, -0.1) is 0 Å². The normalized spacial score (nSPS) is 9.90. The molecule has 20 heavy (non-hydrogen) atoms. The van der Waals surface area contributed by atoms with Crippen LogP contribution in [0.15, 0.2) is 36.5 Å². The summed E-state index contributed by atoms with van der Waals surface area (Å²) < 4.78 is 10.0. The molecule has 0 unspecified atom stereocenters. The lowest BCUT2D eigenvalue weighted by Gasteiger charge is -2.09. The van der Waals surface area contributed by atoms with E-state index >= 15 is 0 Å². The van der Waals surface area contributed by atoms with E-state index in [1.807, 2.05) is 30.3 Å². The van der Waals surface area contributed by atoms with Gasteiger partial charge in [-0.3, -0.25) is 5.32 Å². The van der Waals surface area contributed by atoms with Gasteiger partial charge in [0.1, 0.15) is 6.61 Å². The van der Waals surface area contributed by atoms with Crippen LogP contribution in [0.25, 0.3) is 0 Å². The summed E-state index contributed by atoms with van der Waals surface area (Å²) in [6.07, 6.45) is 0.653. The van der Waals surface area contributed by atoms with Gasteiger partial charge < -0.3 is 9.47 Å². The average Bonchev–Trinajstić information content (AvgIpc) is 2.48. The maximum atomic E-state index is 11.6. The predicted molar refractivity (Wildman–Crippen MR) is 73.8 cm³/mol. The molecule has 0 fully saturated rings. The molecule has 6 nitrogen and oxygen atoms in total. The molecular formula is C13H12ClN3O3. The van der Waals surface area contributed by atoms with Gasteiger partial charge in [-0.2, -0.15) is 4.98 Å². The molecule has 1 aromatic carbocycles. The number of anilines is 1. The molecule has 0 aliphatic rings. The van der Waals surface area contributed by atoms with Crippen molar-refractivity contribution < 1.29 is 14.3 Å².